The van der Waals surface area contributed by atoms with Crippen LogP contribution in [-0.4, -0.2) is 49.5 Å². The summed E-state index contributed by atoms with van der Waals surface area (Å²) in [5, 5.41) is 4.08. The van der Waals surface area contributed by atoms with Crippen molar-refractivity contribution in [3.05, 3.63) is 102 Å². The molecule has 39 heavy (non-hydrogen) atoms. The number of carbonyl (C=O) groups excluding carboxylic acids is 1. The fraction of sp³-hybridized carbons (Fsp3) is 0.233. The lowest BCUT2D eigenvalue weighted by molar-refractivity contribution is 0.0600. The monoisotopic (exact) mass is 540 g/mol. The van der Waals surface area contributed by atoms with E-state index in [-0.39, 0.29) is 18.1 Å². The Hall–Kier alpha value is -4.21. The van der Waals surface area contributed by atoms with E-state index in [0.29, 0.717) is 16.4 Å². The minimum absolute atomic E-state index is 0.210. The summed E-state index contributed by atoms with van der Waals surface area (Å²) >= 11 is 5.86. The topological polar surface area (TPSA) is 80.1 Å². The van der Waals surface area contributed by atoms with Gasteiger partial charge in [-0.1, -0.05) is 18.2 Å². The molecule has 0 spiro atoms. The van der Waals surface area contributed by atoms with Crippen molar-refractivity contribution in [2.24, 2.45) is 0 Å². The maximum absolute atomic E-state index is 11.8. The summed E-state index contributed by atoms with van der Waals surface area (Å²) in [4.78, 5) is 20.9. The number of esters is 1. The lowest BCUT2D eigenvalue weighted by Crippen LogP contribution is -2.36. The fourth-order valence-corrected chi connectivity index (χ4v) is 5.47. The van der Waals surface area contributed by atoms with Gasteiger partial charge in [-0.3, -0.25) is 4.98 Å². The molecule has 0 bridgehead atoms. The Morgan fingerprint density at radius 1 is 0.974 bits per heavy atom. The van der Waals surface area contributed by atoms with Gasteiger partial charge in [-0.05, 0) is 72.9 Å². The maximum atomic E-state index is 11.8. The van der Waals surface area contributed by atoms with Crippen LogP contribution in [0.2, 0.25) is 0 Å². The van der Waals surface area contributed by atoms with E-state index in [1.165, 1.54) is 7.11 Å². The van der Waals surface area contributed by atoms with Crippen molar-refractivity contribution in [3.8, 4) is 11.3 Å². The Kier molecular flexibility index (Phi) is 7.00. The highest BCUT2D eigenvalue weighted by molar-refractivity contribution is 7.80. The van der Waals surface area contributed by atoms with E-state index in [1.807, 2.05) is 42.5 Å². The van der Waals surface area contributed by atoms with Gasteiger partial charge >= 0.3 is 5.97 Å². The molecule has 2 aliphatic rings. The minimum Gasteiger partial charge on any atom is -0.465 e. The van der Waals surface area contributed by atoms with E-state index < -0.39 is 0 Å². The van der Waals surface area contributed by atoms with Gasteiger partial charge < -0.3 is 29.0 Å². The molecule has 0 aliphatic carbocycles. The fourth-order valence-electron chi connectivity index (χ4n) is 5.12. The molecule has 0 radical (unpaired) electrons. The summed E-state index contributed by atoms with van der Waals surface area (Å²) < 4.78 is 16.8. The highest BCUT2D eigenvalue weighted by Gasteiger charge is 2.42. The average Bonchev–Trinajstić information content (AvgIpc) is 3.62. The van der Waals surface area contributed by atoms with E-state index in [9.17, 15) is 4.79 Å². The Morgan fingerprint density at radius 3 is 2.41 bits per heavy atom. The van der Waals surface area contributed by atoms with Crippen LogP contribution in [0.15, 0.2) is 89.5 Å². The normalized spacial score (nSPS) is 19.2. The van der Waals surface area contributed by atoms with Crippen molar-refractivity contribution in [1.29, 1.82) is 0 Å². The molecule has 198 valence electrons. The van der Waals surface area contributed by atoms with E-state index in [4.69, 9.17) is 26.1 Å². The lowest BCUT2D eigenvalue weighted by Gasteiger charge is -2.30. The molecule has 4 aromatic rings. The molecule has 6 rings (SSSR count). The number of pyridine rings is 1. The molecule has 2 aromatic carbocycles. The lowest BCUT2D eigenvalue weighted by atomic mass is 10.0. The smallest absolute Gasteiger partial charge is 0.337 e. The van der Waals surface area contributed by atoms with Crippen LogP contribution in [0.3, 0.4) is 0 Å². The van der Waals surface area contributed by atoms with Crippen molar-refractivity contribution in [2.75, 3.05) is 43.2 Å². The van der Waals surface area contributed by atoms with E-state index in [0.717, 1.165) is 54.7 Å². The molecule has 2 fully saturated rings. The number of rotatable bonds is 6. The summed E-state index contributed by atoms with van der Waals surface area (Å²) in [5.74, 6) is 1.07. The molecule has 2 atom stereocenters. The quantitative estimate of drug-likeness (QED) is 0.264. The predicted octanol–water partition coefficient (Wildman–Crippen LogP) is 5.14. The molecule has 0 amide bonds. The van der Waals surface area contributed by atoms with Gasteiger partial charge in [0.15, 0.2) is 5.11 Å². The molecular weight excluding hydrogens is 512 g/mol. The average molecular weight is 541 g/mol. The number of ether oxygens (including phenoxy) is 2. The second-order valence-electron chi connectivity index (χ2n) is 9.38. The SMILES string of the molecule is COC(=O)c1ccc(-c2ccc([C@H]3[C@@H](c4ccccn4)NC(=S)N3c3ccc(N4CCOCC4)cc3)o2)cc1. The number of anilines is 2. The van der Waals surface area contributed by atoms with Crippen molar-refractivity contribution in [1.82, 2.24) is 10.3 Å². The molecule has 2 aromatic heterocycles. The third kappa shape index (κ3) is 4.98. The van der Waals surface area contributed by atoms with Crippen LogP contribution in [0.4, 0.5) is 11.4 Å². The van der Waals surface area contributed by atoms with E-state index >= 15 is 0 Å². The molecule has 0 saturated carbocycles. The number of hydrogen-bond donors (Lipinski definition) is 1. The van der Waals surface area contributed by atoms with Gasteiger partial charge in [-0.2, -0.15) is 0 Å². The Bertz CT molecular complexity index is 1450. The summed E-state index contributed by atoms with van der Waals surface area (Å²) in [6.07, 6.45) is 1.79. The Labute approximate surface area is 232 Å². The first kappa shape index (κ1) is 25.1. The van der Waals surface area contributed by atoms with Crippen molar-refractivity contribution < 1.29 is 18.7 Å². The van der Waals surface area contributed by atoms with Gasteiger partial charge in [0, 0.05) is 36.2 Å². The zero-order valence-corrected chi connectivity index (χ0v) is 22.3. The van der Waals surface area contributed by atoms with Crippen LogP contribution >= 0.6 is 12.2 Å². The molecule has 1 N–H and O–H groups in total. The third-order valence-electron chi connectivity index (χ3n) is 7.11. The predicted molar refractivity (Wildman–Crippen MR) is 153 cm³/mol. The minimum atomic E-state index is -0.374. The first-order valence-corrected chi connectivity index (χ1v) is 13.2. The molecule has 4 heterocycles. The first-order valence-electron chi connectivity index (χ1n) is 12.8. The molecule has 0 unspecified atom stereocenters. The Balaban J connectivity index is 1.34. The van der Waals surface area contributed by atoms with Gasteiger partial charge in [0.1, 0.15) is 17.6 Å². The van der Waals surface area contributed by atoms with Crippen molar-refractivity contribution >= 4 is 34.7 Å². The first-order chi connectivity index (χ1) is 19.1. The maximum Gasteiger partial charge on any atom is 0.337 e. The second kappa shape index (κ2) is 10.9. The number of aromatic nitrogens is 1. The van der Waals surface area contributed by atoms with Crippen LogP contribution in [0.25, 0.3) is 11.3 Å². The highest BCUT2D eigenvalue weighted by Crippen LogP contribution is 2.43. The van der Waals surface area contributed by atoms with Gasteiger partial charge in [0.25, 0.3) is 0 Å². The molecular formula is C30H28N4O4S. The molecule has 2 saturated heterocycles. The number of benzene rings is 2. The third-order valence-corrected chi connectivity index (χ3v) is 7.43. The Morgan fingerprint density at radius 2 is 1.72 bits per heavy atom. The number of morpholine rings is 1. The molecule has 9 heteroatoms. The number of methoxy groups -OCH3 is 1. The number of hydrogen-bond acceptors (Lipinski definition) is 7. The summed E-state index contributed by atoms with van der Waals surface area (Å²) in [6.45, 7) is 3.23. The van der Waals surface area contributed by atoms with Crippen LogP contribution < -0.4 is 15.1 Å². The van der Waals surface area contributed by atoms with Crippen LogP contribution in [0.1, 0.15) is 33.9 Å². The molecule has 2 aliphatic heterocycles. The summed E-state index contributed by atoms with van der Waals surface area (Å²) in [7, 11) is 1.37. The van der Waals surface area contributed by atoms with E-state index in [1.54, 1.807) is 18.3 Å². The van der Waals surface area contributed by atoms with Gasteiger partial charge in [0.05, 0.1) is 37.6 Å². The van der Waals surface area contributed by atoms with Crippen LogP contribution in [0, 0.1) is 0 Å². The van der Waals surface area contributed by atoms with Crippen molar-refractivity contribution in [2.45, 2.75) is 12.1 Å². The summed E-state index contributed by atoms with van der Waals surface area (Å²) in [6, 6.07) is 24.9. The van der Waals surface area contributed by atoms with Gasteiger partial charge in [-0.15, -0.1) is 0 Å². The second-order valence-corrected chi connectivity index (χ2v) is 9.77. The number of thiocarbonyl (C=S) groups is 1. The zero-order valence-electron chi connectivity index (χ0n) is 21.4. The van der Waals surface area contributed by atoms with Gasteiger partial charge in [-0.25, -0.2) is 4.79 Å². The van der Waals surface area contributed by atoms with Crippen LogP contribution in [0.5, 0.6) is 0 Å². The van der Waals surface area contributed by atoms with Gasteiger partial charge in [0.2, 0.25) is 0 Å². The number of furan rings is 1. The highest BCUT2D eigenvalue weighted by atomic mass is 32.1. The number of nitrogens with zero attached hydrogens (tertiary/aromatic N) is 3. The molecule has 8 nitrogen and oxygen atoms in total. The largest absolute Gasteiger partial charge is 0.465 e. The zero-order chi connectivity index (χ0) is 26.8. The van der Waals surface area contributed by atoms with Crippen LogP contribution in [-0.2, 0) is 9.47 Å². The van der Waals surface area contributed by atoms with Crippen molar-refractivity contribution in [3.63, 3.8) is 0 Å². The standard InChI is InChI=1S/C30H28N4O4S/c1-36-29(35)21-7-5-20(6-8-21)25-13-14-26(38-25)28-27(24-4-2-3-15-31-24)32-30(39)34(28)23-11-9-22(10-12-23)33-16-18-37-19-17-33/h2-15,27-28H,16-19H2,1H3,(H,32,39)/t27-,28+/m1/s1. The van der Waals surface area contributed by atoms with E-state index in [2.05, 4.69) is 44.4 Å². The number of carbonyl (C=O) groups is 1. The number of nitrogens with one attached hydrogen (secondary N) is 1. The summed E-state index contributed by atoms with van der Waals surface area (Å²) in [5.41, 5.74) is 4.35.